The molecule has 2 aromatic heterocycles. The molecule has 0 spiro atoms. The van der Waals surface area contributed by atoms with E-state index >= 15 is 0 Å². The van der Waals surface area contributed by atoms with Gasteiger partial charge >= 0.3 is 5.69 Å². The second-order valence-corrected chi connectivity index (χ2v) is 8.50. The molecule has 0 unspecified atom stereocenters. The van der Waals surface area contributed by atoms with Gasteiger partial charge in [-0.25, -0.2) is 14.3 Å². The van der Waals surface area contributed by atoms with Crippen LogP contribution in [0.25, 0.3) is 16.9 Å². The van der Waals surface area contributed by atoms with Crippen LogP contribution in [0.3, 0.4) is 0 Å². The molecule has 4 aromatic rings. The highest BCUT2D eigenvalue weighted by Crippen LogP contribution is 2.21. The molecule has 1 atom stereocenters. The summed E-state index contributed by atoms with van der Waals surface area (Å²) in [6.07, 6.45) is 3.20. The minimum atomic E-state index is -0.407. The predicted octanol–water partition coefficient (Wildman–Crippen LogP) is 3.54. The van der Waals surface area contributed by atoms with Crippen LogP contribution in [-0.4, -0.2) is 31.4 Å². The molecule has 8 heteroatoms. The summed E-state index contributed by atoms with van der Waals surface area (Å²) in [6.45, 7) is 3.18. The third kappa shape index (κ3) is 3.57. The average molecular weight is 451 g/mol. The highest BCUT2D eigenvalue weighted by Gasteiger charge is 2.24. The maximum atomic E-state index is 13.6. The molecule has 0 amide bonds. The number of hydrogen-bond acceptors (Lipinski definition) is 4. The smallest absolute Gasteiger partial charge is 0.337 e. The molecule has 32 heavy (non-hydrogen) atoms. The van der Waals surface area contributed by atoms with E-state index < -0.39 is 5.69 Å². The first kappa shape index (κ1) is 20.7. The monoisotopic (exact) mass is 450 g/mol. The number of halogens is 1. The zero-order chi connectivity index (χ0) is 22.2. The highest BCUT2D eigenvalue weighted by atomic mass is 35.5. The van der Waals surface area contributed by atoms with E-state index in [-0.39, 0.29) is 18.2 Å². The van der Waals surface area contributed by atoms with E-state index in [1.54, 1.807) is 10.9 Å². The van der Waals surface area contributed by atoms with Gasteiger partial charge in [-0.3, -0.25) is 9.36 Å². The number of hydrogen-bond donors (Lipinski definition) is 0. The van der Waals surface area contributed by atoms with Gasteiger partial charge in [-0.15, -0.1) is 0 Å². The van der Waals surface area contributed by atoms with Crippen molar-refractivity contribution in [2.45, 2.75) is 39.0 Å². The van der Waals surface area contributed by atoms with E-state index in [0.29, 0.717) is 35.0 Å². The SMILES string of the molecule is Cc1ccccc1-n1c(=O)n(C[C@H]2CCCO2)c(=O)c2c1ncn2Cc1ccccc1Cl. The van der Waals surface area contributed by atoms with Gasteiger partial charge in [-0.2, -0.15) is 0 Å². The molecule has 0 radical (unpaired) electrons. The largest absolute Gasteiger partial charge is 0.376 e. The third-order valence-electron chi connectivity index (χ3n) is 5.97. The van der Waals surface area contributed by atoms with Crippen molar-refractivity contribution in [1.29, 1.82) is 0 Å². The number of rotatable bonds is 5. The first-order valence-electron chi connectivity index (χ1n) is 10.7. The van der Waals surface area contributed by atoms with Crippen LogP contribution in [-0.2, 0) is 17.8 Å². The Bertz CT molecular complexity index is 1410. The molecule has 5 rings (SSSR count). The van der Waals surface area contributed by atoms with Crippen molar-refractivity contribution in [3.63, 3.8) is 0 Å². The van der Waals surface area contributed by atoms with Crippen molar-refractivity contribution >= 4 is 22.8 Å². The topological polar surface area (TPSA) is 71.1 Å². The molecular weight excluding hydrogens is 428 g/mol. The molecule has 1 aliphatic heterocycles. The lowest BCUT2D eigenvalue weighted by Crippen LogP contribution is -2.42. The minimum Gasteiger partial charge on any atom is -0.376 e. The fourth-order valence-electron chi connectivity index (χ4n) is 4.29. The summed E-state index contributed by atoms with van der Waals surface area (Å²) in [6, 6.07) is 15.1. The third-order valence-corrected chi connectivity index (χ3v) is 6.33. The van der Waals surface area contributed by atoms with Crippen LogP contribution >= 0.6 is 11.6 Å². The van der Waals surface area contributed by atoms with Crippen molar-refractivity contribution < 1.29 is 4.74 Å². The van der Waals surface area contributed by atoms with Gasteiger partial charge < -0.3 is 9.30 Å². The van der Waals surface area contributed by atoms with Crippen molar-refractivity contribution in [3.8, 4) is 5.69 Å². The van der Waals surface area contributed by atoms with Crippen molar-refractivity contribution in [3.05, 3.63) is 91.8 Å². The Morgan fingerprint density at radius 3 is 2.66 bits per heavy atom. The fraction of sp³-hybridized carbons (Fsp3) is 0.292. The number of imidazole rings is 1. The number of nitrogens with zero attached hydrogens (tertiary/aromatic N) is 4. The molecule has 1 aliphatic rings. The van der Waals surface area contributed by atoms with Crippen LogP contribution in [0.5, 0.6) is 0 Å². The lowest BCUT2D eigenvalue weighted by molar-refractivity contribution is 0.0950. The van der Waals surface area contributed by atoms with Gasteiger partial charge in [0.25, 0.3) is 5.56 Å². The summed E-state index contributed by atoms with van der Waals surface area (Å²) in [4.78, 5) is 31.6. The molecule has 1 saturated heterocycles. The quantitative estimate of drug-likeness (QED) is 0.466. The summed E-state index contributed by atoms with van der Waals surface area (Å²) in [5.41, 5.74) is 2.42. The van der Waals surface area contributed by atoms with Gasteiger partial charge in [0.1, 0.15) is 0 Å². The minimum absolute atomic E-state index is 0.150. The number of aryl methyl sites for hydroxylation is 1. The normalized spacial score (nSPS) is 16.1. The van der Waals surface area contributed by atoms with Crippen LogP contribution in [0.4, 0.5) is 0 Å². The van der Waals surface area contributed by atoms with E-state index in [1.807, 2.05) is 55.5 Å². The standard InChI is InChI=1S/C24H23ClN4O3/c1-16-7-2-5-11-20(16)29-22-21(23(30)28(24(29)31)14-18-9-6-12-32-18)27(15-26-22)13-17-8-3-4-10-19(17)25/h2-5,7-8,10-11,15,18H,6,9,12-14H2,1H3/t18-/m1/s1. The fourth-order valence-corrected chi connectivity index (χ4v) is 4.49. The first-order chi connectivity index (χ1) is 15.5. The Labute approximate surface area is 189 Å². The van der Waals surface area contributed by atoms with E-state index in [0.717, 1.165) is 24.0 Å². The Hall–Kier alpha value is -3.16. The van der Waals surface area contributed by atoms with Crippen LogP contribution in [0.2, 0.25) is 5.02 Å². The second-order valence-electron chi connectivity index (χ2n) is 8.09. The van der Waals surface area contributed by atoms with Crippen LogP contribution in [0.15, 0.2) is 64.4 Å². The maximum absolute atomic E-state index is 13.6. The zero-order valence-corrected chi connectivity index (χ0v) is 18.5. The van der Waals surface area contributed by atoms with Crippen LogP contribution < -0.4 is 11.2 Å². The first-order valence-corrected chi connectivity index (χ1v) is 11.0. The molecule has 1 fully saturated rings. The Kier molecular flexibility index (Phi) is 5.45. The molecule has 3 heterocycles. The number of aromatic nitrogens is 4. The Balaban J connectivity index is 1.76. The molecular formula is C24H23ClN4O3. The Morgan fingerprint density at radius 2 is 1.91 bits per heavy atom. The van der Waals surface area contributed by atoms with Gasteiger partial charge in [-0.1, -0.05) is 48.0 Å². The van der Waals surface area contributed by atoms with Gasteiger partial charge in [0.2, 0.25) is 0 Å². The number of benzene rings is 2. The molecule has 2 aromatic carbocycles. The molecule has 0 saturated carbocycles. The van der Waals surface area contributed by atoms with E-state index in [9.17, 15) is 9.59 Å². The van der Waals surface area contributed by atoms with Crippen molar-refractivity contribution in [2.24, 2.45) is 0 Å². The summed E-state index contributed by atoms with van der Waals surface area (Å²) in [7, 11) is 0. The molecule has 164 valence electrons. The summed E-state index contributed by atoms with van der Waals surface area (Å²) in [5, 5.41) is 0.612. The van der Waals surface area contributed by atoms with Gasteiger partial charge in [0.15, 0.2) is 11.2 Å². The predicted molar refractivity (Wildman–Crippen MR) is 124 cm³/mol. The van der Waals surface area contributed by atoms with Gasteiger partial charge in [0.05, 0.1) is 31.2 Å². The van der Waals surface area contributed by atoms with Gasteiger partial charge in [0, 0.05) is 11.6 Å². The van der Waals surface area contributed by atoms with Crippen LogP contribution in [0.1, 0.15) is 24.0 Å². The summed E-state index contributed by atoms with van der Waals surface area (Å²) < 4.78 is 10.3. The summed E-state index contributed by atoms with van der Waals surface area (Å²) >= 11 is 6.36. The Morgan fingerprint density at radius 1 is 1.12 bits per heavy atom. The highest BCUT2D eigenvalue weighted by molar-refractivity contribution is 6.31. The van der Waals surface area contributed by atoms with E-state index in [4.69, 9.17) is 16.3 Å². The van der Waals surface area contributed by atoms with E-state index in [2.05, 4.69) is 4.98 Å². The maximum Gasteiger partial charge on any atom is 0.337 e. The number of fused-ring (bicyclic) bond motifs is 1. The van der Waals surface area contributed by atoms with Crippen molar-refractivity contribution in [2.75, 3.05) is 6.61 Å². The van der Waals surface area contributed by atoms with E-state index in [1.165, 1.54) is 9.13 Å². The lowest BCUT2D eigenvalue weighted by Gasteiger charge is -2.16. The molecule has 7 nitrogen and oxygen atoms in total. The zero-order valence-electron chi connectivity index (χ0n) is 17.7. The molecule has 0 aliphatic carbocycles. The van der Waals surface area contributed by atoms with Crippen molar-refractivity contribution in [1.82, 2.24) is 18.7 Å². The van der Waals surface area contributed by atoms with Crippen LogP contribution in [0, 0.1) is 6.92 Å². The molecule has 0 N–H and O–H groups in total. The number of ether oxygens (including phenoxy) is 1. The summed E-state index contributed by atoms with van der Waals surface area (Å²) in [5.74, 6) is 0. The number of para-hydroxylation sites is 1. The van der Waals surface area contributed by atoms with Gasteiger partial charge in [-0.05, 0) is 43.0 Å². The second kappa shape index (κ2) is 8.41. The lowest BCUT2D eigenvalue weighted by atomic mass is 10.2. The average Bonchev–Trinajstić information content (AvgIpc) is 3.44. The molecule has 0 bridgehead atoms.